The minimum Gasteiger partial charge on any atom is -0.375 e. The number of amides is 2. The van der Waals surface area contributed by atoms with E-state index >= 15 is 0 Å². The molecule has 0 radical (unpaired) electrons. The minimum atomic E-state index is -0.0727. The second-order valence-electron chi connectivity index (χ2n) is 8.17. The van der Waals surface area contributed by atoms with Crippen molar-refractivity contribution in [2.75, 3.05) is 26.3 Å². The summed E-state index contributed by atoms with van der Waals surface area (Å²) in [6, 6.07) is 3.82. The van der Waals surface area contributed by atoms with Crippen LogP contribution in [-0.4, -0.2) is 52.0 Å². The van der Waals surface area contributed by atoms with Crippen molar-refractivity contribution in [1.29, 1.82) is 0 Å². The highest BCUT2D eigenvalue weighted by Gasteiger charge is 2.32. The van der Waals surface area contributed by atoms with Crippen molar-refractivity contribution in [3.8, 4) is 5.69 Å². The van der Waals surface area contributed by atoms with E-state index in [9.17, 15) is 4.79 Å². The van der Waals surface area contributed by atoms with Crippen molar-refractivity contribution < 1.29 is 9.53 Å². The Morgan fingerprint density at radius 2 is 2.11 bits per heavy atom. The minimum absolute atomic E-state index is 0.0656. The molecule has 150 valence electrons. The van der Waals surface area contributed by atoms with Crippen LogP contribution in [0, 0.1) is 5.41 Å². The zero-order chi connectivity index (χ0) is 20.1. The average molecular weight is 383 g/mol. The fourth-order valence-electron chi connectivity index (χ4n) is 3.46. The summed E-state index contributed by atoms with van der Waals surface area (Å²) in [6.45, 7) is 12.8. The summed E-state index contributed by atoms with van der Waals surface area (Å²) in [6.07, 6.45) is 6.24. The van der Waals surface area contributed by atoms with E-state index in [4.69, 9.17) is 4.74 Å². The molecule has 0 unspecified atom stereocenters. The van der Waals surface area contributed by atoms with E-state index in [1.807, 2.05) is 34.8 Å². The molecular formula is C21H29N5O2. The standard InChI is InChI=1S/C21H29N5O2/c1-16(2)14-28-10-9-23-20(27)25-13-17-12-24-26(18-5-7-22-8-6-18)19(17)11-21(3,4)15-25/h5-8,12H,1,9-11,13-15H2,2-4H3,(H,23,27). The summed E-state index contributed by atoms with van der Waals surface area (Å²) < 4.78 is 7.42. The number of hydrogen-bond donors (Lipinski definition) is 1. The molecule has 3 rings (SSSR count). The molecule has 1 N–H and O–H groups in total. The Hall–Kier alpha value is -2.67. The SMILES string of the molecule is C=C(C)COCCNC(=O)N1Cc2cnn(-c3ccncc3)c2CC(C)(C)C1. The van der Waals surface area contributed by atoms with Crippen LogP contribution in [0.3, 0.4) is 0 Å². The zero-order valence-corrected chi connectivity index (χ0v) is 16.9. The van der Waals surface area contributed by atoms with Gasteiger partial charge in [-0.15, -0.1) is 0 Å². The van der Waals surface area contributed by atoms with Gasteiger partial charge in [0.25, 0.3) is 0 Å². The normalized spacial score (nSPS) is 15.6. The van der Waals surface area contributed by atoms with Crippen molar-refractivity contribution in [2.24, 2.45) is 5.41 Å². The van der Waals surface area contributed by atoms with Gasteiger partial charge in [-0.3, -0.25) is 4.98 Å². The van der Waals surface area contributed by atoms with Crippen LogP contribution in [-0.2, 0) is 17.7 Å². The number of nitrogens with zero attached hydrogens (tertiary/aromatic N) is 4. The lowest BCUT2D eigenvalue weighted by atomic mass is 9.87. The Morgan fingerprint density at radius 1 is 1.36 bits per heavy atom. The third kappa shape index (κ3) is 4.98. The van der Waals surface area contributed by atoms with Gasteiger partial charge in [-0.25, -0.2) is 9.48 Å². The summed E-state index contributed by atoms with van der Waals surface area (Å²) in [5, 5.41) is 7.53. The van der Waals surface area contributed by atoms with Gasteiger partial charge in [0, 0.05) is 36.7 Å². The molecule has 3 heterocycles. The number of aromatic nitrogens is 3. The van der Waals surface area contributed by atoms with Crippen LogP contribution in [0.25, 0.3) is 5.69 Å². The molecular weight excluding hydrogens is 354 g/mol. The number of carbonyl (C=O) groups excluding carboxylic acids is 1. The van der Waals surface area contributed by atoms with Crippen LogP contribution in [0.4, 0.5) is 4.79 Å². The van der Waals surface area contributed by atoms with Crippen molar-refractivity contribution >= 4 is 6.03 Å². The molecule has 7 heteroatoms. The topological polar surface area (TPSA) is 72.3 Å². The molecule has 0 spiro atoms. The third-order valence-corrected chi connectivity index (χ3v) is 4.65. The Bertz CT molecular complexity index is 829. The molecule has 2 amide bonds. The predicted molar refractivity (Wildman–Crippen MR) is 108 cm³/mol. The number of carbonyl (C=O) groups is 1. The van der Waals surface area contributed by atoms with Gasteiger partial charge >= 0.3 is 6.03 Å². The Kier molecular flexibility index (Phi) is 6.14. The summed E-state index contributed by atoms with van der Waals surface area (Å²) in [5.41, 5.74) is 4.12. The van der Waals surface area contributed by atoms with Crippen molar-refractivity contribution in [3.63, 3.8) is 0 Å². The third-order valence-electron chi connectivity index (χ3n) is 4.65. The maximum absolute atomic E-state index is 12.7. The number of pyridine rings is 1. The molecule has 0 bridgehead atoms. The molecule has 0 aliphatic carbocycles. The lowest BCUT2D eigenvalue weighted by Crippen LogP contribution is -2.44. The highest BCUT2D eigenvalue weighted by molar-refractivity contribution is 5.74. The first kappa shape index (κ1) is 20.1. The van der Waals surface area contributed by atoms with Gasteiger partial charge < -0.3 is 15.0 Å². The van der Waals surface area contributed by atoms with E-state index in [0.29, 0.717) is 32.8 Å². The first-order chi connectivity index (χ1) is 13.4. The van der Waals surface area contributed by atoms with E-state index in [-0.39, 0.29) is 11.4 Å². The number of nitrogens with one attached hydrogen (secondary N) is 1. The number of urea groups is 1. The van der Waals surface area contributed by atoms with Crippen LogP contribution >= 0.6 is 0 Å². The molecule has 2 aromatic rings. The Balaban J connectivity index is 1.70. The second-order valence-corrected chi connectivity index (χ2v) is 8.17. The Morgan fingerprint density at radius 3 is 2.82 bits per heavy atom. The summed E-state index contributed by atoms with van der Waals surface area (Å²) in [7, 11) is 0. The highest BCUT2D eigenvalue weighted by atomic mass is 16.5. The zero-order valence-electron chi connectivity index (χ0n) is 16.9. The van der Waals surface area contributed by atoms with Crippen LogP contribution < -0.4 is 5.32 Å². The molecule has 28 heavy (non-hydrogen) atoms. The van der Waals surface area contributed by atoms with Crippen LogP contribution in [0.5, 0.6) is 0 Å². The average Bonchev–Trinajstić information content (AvgIpc) is 2.96. The lowest BCUT2D eigenvalue weighted by molar-refractivity contribution is 0.145. The second kappa shape index (κ2) is 8.56. The number of ether oxygens (including phenoxy) is 1. The molecule has 1 aliphatic rings. The van der Waals surface area contributed by atoms with Crippen molar-refractivity contribution in [3.05, 3.63) is 54.1 Å². The fraction of sp³-hybridized carbons (Fsp3) is 0.476. The molecule has 2 aromatic heterocycles. The quantitative estimate of drug-likeness (QED) is 0.615. The number of fused-ring (bicyclic) bond motifs is 1. The molecule has 0 aromatic carbocycles. The van der Waals surface area contributed by atoms with Crippen LogP contribution in [0.1, 0.15) is 32.0 Å². The summed E-state index contributed by atoms with van der Waals surface area (Å²) in [5.74, 6) is 0. The van der Waals surface area contributed by atoms with Gasteiger partial charge in [-0.2, -0.15) is 5.10 Å². The largest absolute Gasteiger partial charge is 0.375 e. The monoisotopic (exact) mass is 383 g/mol. The van der Waals surface area contributed by atoms with Gasteiger partial charge in [-0.05, 0) is 30.9 Å². The van der Waals surface area contributed by atoms with Gasteiger partial charge in [0.1, 0.15) is 0 Å². The first-order valence-corrected chi connectivity index (χ1v) is 9.57. The van der Waals surface area contributed by atoms with E-state index < -0.39 is 0 Å². The molecule has 0 saturated carbocycles. The van der Waals surface area contributed by atoms with Crippen molar-refractivity contribution in [2.45, 2.75) is 33.7 Å². The van der Waals surface area contributed by atoms with E-state index in [1.54, 1.807) is 12.4 Å². The Labute approximate surface area is 166 Å². The van der Waals surface area contributed by atoms with Crippen LogP contribution in [0.2, 0.25) is 0 Å². The molecule has 0 atom stereocenters. The van der Waals surface area contributed by atoms with E-state index in [2.05, 4.69) is 35.8 Å². The smallest absolute Gasteiger partial charge is 0.317 e. The summed E-state index contributed by atoms with van der Waals surface area (Å²) in [4.78, 5) is 18.7. The van der Waals surface area contributed by atoms with Crippen LogP contribution in [0.15, 0.2) is 42.9 Å². The molecule has 0 fully saturated rings. The van der Waals surface area contributed by atoms with Crippen molar-refractivity contribution in [1.82, 2.24) is 25.0 Å². The maximum Gasteiger partial charge on any atom is 0.317 e. The van der Waals surface area contributed by atoms with E-state index in [0.717, 1.165) is 28.9 Å². The van der Waals surface area contributed by atoms with Gasteiger partial charge in [-0.1, -0.05) is 26.0 Å². The fourth-order valence-corrected chi connectivity index (χ4v) is 3.46. The van der Waals surface area contributed by atoms with Gasteiger partial charge in [0.2, 0.25) is 0 Å². The molecule has 0 saturated heterocycles. The van der Waals surface area contributed by atoms with Gasteiger partial charge in [0.15, 0.2) is 0 Å². The molecule has 1 aliphatic heterocycles. The van der Waals surface area contributed by atoms with Gasteiger partial charge in [0.05, 0.1) is 31.6 Å². The highest BCUT2D eigenvalue weighted by Crippen LogP contribution is 2.31. The first-order valence-electron chi connectivity index (χ1n) is 9.57. The predicted octanol–water partition coefficient (Wildman–Crippen LogP) is 2.95. The lowest BCUT2D eigenvalue weighted by Gasteiger charge is -2.30. The maximum atomic E-state index is 12.7. The molecule has 7 nitrogen and oxygen atoms in total. The van der Waals surface area contributed by atoms with E-state index in [1.165, 1.54) is 0 Å². The number of hydrogen-bond acceptors (Lipinski definition) is 4. The summed E-state index contributed by atoms with van der Waals surface area (Å²) >= 11 is 0. The number of rotatable bonds is 6.